The summed E-state index contributed by atoms with van der Waals surface area (Å²) in [6, 6.07) is 1.52. The summed E-state index contributed by atoms with van der Waals surface area (Å²) in [5, 5.41) is 15.2. The van der Waals surface area contributed by atoms with Crippen LogP contribution in [0.4, 0.5) is 5.82 Å². The summed E-state index contributed by atoms with van der Waals surface area (Å²) in [5.41, 5.74) is 0. The highest BCUT2D eigenvalue weighted by Crippen LogP contribution is 2.19. The molecule has 0 spiro atoms. The van der Waals surface area contributed by atoms with E-state index >= 15 is 0 Å². The van der Waals surface area contributed by atoms with Crippen molar-refractivity contribution >= 4 is 23.6 Å². The van der Waals surface area contributed by atoms with Crippen molar-refractivity contribution in [2.45, 2.75) is 19.9 Å². The van der Waals surface area contributed by atoms with Crippen LogP contribution in [0.15, 0.2) is 12.3 Å². The Kier molecular flexibility index (Phi) is 4.02. The van der Waals surface area contributed by atoms with Crippen molar-refractivity contribution in [3.05, 3.63) is 12.3 Å². The van der Waals surface area contributed by atoms with Crippen LogP contribution in [0.3, 0.4) is 0 Å². The Morgan fingerprint density at radius 1 is 1.55 bits per heavy atom. The normalized spacial score (nSPS) is 18.4. The van der Waals surface area contributed by atoms with Crippen LogP contribution in [0.5, 0.6) is 0 Å². The number of carboxylic acid groups (broad SMARTS) is 1. The van der Waals surface area contributed by atoms with Crippen molar-refractivity contribution in [2.24, 2.45) is 5.92 Å². The van der Waals surface area contributed by atoms with Gasteiger partial charge >= 0.3 is 5.97 Å². The van der Waals surface area contributed by atoms with E-state index in [0.29, 0.717) is 18.9 Å². The molecular weight excluding hydrogens is 264 g/mol. The zero-order valence-electron chi connectivity index (χ0n) is 11.1. The van der Waals surface area contributed by atoms with E-state index in [1.54, 1.807) is 4.90 Å². The van der Waals surface area contributed by atoms with Crippen molar-refractivity contribution in [2.75, 3.05) is 18.4 Å². The molecule has 108 valence electrons. The maximum atomic E-state index is 12.0. The molecule has 2 rings (SSSR count). The lowest BCUT2D eigenvalue weighted by molar-refractivity contribution is -0.138. The van der Waals surface area contributed by atoms with Gasteiger partial charge in [0.05, 0.1) is 5.92 Å². The summed E-state index contributed by atoms with van der Waals surface area (Å²) >= 11 is 0. The Labute approximate surface area is 115 Å². The minimum atomic E-state index is -1.01. The van der Waals surface area contributed by atoms with E-state index in [1.807, 2.05) is 6.92 Å². The molecule has 1 aliphatic heterocycles. The van der Waals surface area contributed by atoms with Crippen LogP contribution in [0, 0.1) is 5.92 Å². The van der Waals surface area contributed by atoms with Gasteiger partial charge in [0, 0.05) is 31.8 Å². The van der Waals surface area contributed by atoms with E-state index in [0.717, 1.165) is 0 Å². The fourth-order valence-corrected chi connectivity index (χ4v) is 2.14. The molecule has 1 aliphatic rings. The number of aliphatic carboxylic acids is 1. The zero-order valence-corrected chi connectivity index (χ0v) is 11.1. The monoisotopic (exact) mass is 280 g/mol. The number of carboxylic acids is 1. The van der Waals surface area contributed by atoms with Crippen molar-refractivity contribution in [3.8, 4) is 0 Å². The van der Waals surface area contributed by atoms with E-state index in [2.05, 4.69) is 10.4 Å². The summed E-state index contributed by atoms with van der Waals surface area (Å²) in [6.45, 7) is 2.61. The van der Waals surface area contributed by atoms with Gasteiger partial charge in [0.25, 0.3) is 0 Å². The number of carbonyl (C=O) groups excluding carboxylic acids is 2. The predicted molar refractivity (Wildman–Crippen MR) is 68.9 cm³/mol. The SMILES string of the molecule is CCN1C[C@@H](C(=O)Nc2ccn(CC(=O)O)n2)CC1=O. The van der Waals surface area contributed by atoms with Crippen molar-refractivity contribution < 1.29 is 19.5 Å². The van der Waals surface area contributed by atoms with Gasteiger partial charge in [-0.15, -0.1) is 0 Å². The van der Waals surface area contributed by atoms with E-state index < -0.39 is 5.97 Å². The van der Waals surface area contributed by atoms with E-state index in [1.165, 1.54) is 16.9 Å². The maximum Gasteiger partial charge on any atom is 0.325 e. The Morgan fingerprint density at radius 2 is 2.30 bits per heavy atom. The van der Waals surface area contributed by atoms with Gasteiger partial charge in [-0.2, -0.15) is 5.10 Å². The van der Waals surface area contributed by atoms with Crippen LogP contribution < -0.4 is 5.32 Å². The highest BCUT2D eigenvalue weighted by molar-refractivity contribution is 5.96. The third-order valence-corrected chi connectivity index (χ3v) is 3.16. The third-order valence-electron chi connectivity index (χ3n) is 3.16. The fourth-order valence-electron chi connectivity index (χ4n) is 2.14. The highest BCUT2D eigenvalue weighted by atomic mass is 16.4. The van der Waals surface area contributed by atoms with Crippen molar-refractivity contribution in [1.82, 2.24) is 14.7 Å². The fraction of sp³-hybridized carbons (Fsp3) is 0.500. The second-order valence-electron chi connectivity index (χ2n) is 4.61. The average molecular weight is 280 g/mol. The minimum absolute atomic E-state index is 0.0240. The predicted octanol–water partition coefficient (Wildman–Crippen LogP) is -0.225. The summed E-state index contributed by atoms with van der Waals surface area (Å²) in [4.78, 5) is 35.7. The zero-order chi connectivity index (χ0) is 14.7. The number of aromatic nitrogens is 2. The van der Waals surface area contributed by atoms with Crippen molar-refractivity contribution in [3.63, 3.8) is 0 Å². The molecule has 0 aliphatic carbocycles. The molecule has 1 fully saturated rings. The van der Waals surface area contributed by atoms with Gasteiger partial charge in [-0.05, 0) is 6.92 Å². The van der Waals surface area contributed by atoms with Crippen LogP contribution in [0.25, 0.3) is 0 Å². The standard InChI is InChI=1S/C12H16N4O4/c1-2-15-6-8(5-10(15)17)12(20)13-9-3-4-16(14-9)7-11(18)19/h3-4,8H,2,5-7H2,1H3,(H,18,19)(H,13,14,20)/t8-/m0/s1. The van der Waals surface area contributed by atoms with E-state index in [9.17, 15) is 14.4 Å². The van der Waals surface area contributed by atoms with Crippen LogP contribution in [-0.4, -0.2) is 50.7 Å². The third kappa shape index (κ3) is 3.14. The second-order valence-corrected chi connectivity index (χ2v) is 4.61. The molecule has 8 nitrogen and oxygen atoms in total. The number of amides is 2. The topological polar surface area (TPSA) is 105 Å². The number of hydrogen-bond acceptors (Lipinski definition) is 4. The number of likely N-dealkylation sites (tertiary alicyclic amines) is 1. The van der Waals surface area contributed by atoms with Crippen LogP contribution >= 0.6 is 0 Å². The molecule has 20 heavy (non-hydrogen) atoms. The molecule has 0 aromatic carbocycles. The van der Waals surface area contributed by atoms with Crippen LogP contribution in [0.1, 0.15) is 13.3 Å². The number of carbonyl (C=O) groups is 3. The number of hydrogen-bond donors (Lipinski definition) is 2. The van der Waals surface area contributed by atoms with Gasteiger partial charge in [-0.3, -0.25) is 19.1 Å². The Bertz CT molecular complexity index is 539. The minimum Gasteiger partial charge on any atom is -0.480 e. The quantitative estimate of drug-likeness (QED) is 0.775. The first kappa shape index (κ1) is 14.0. The molecule has 0 unspecified atom stereocenters. The lowest BCUT2D eigenvalue weighted by Gasteiger charge is -2.12. The summed E-state index contributed by atoms with van der Waals surface area (Å²) in [6.07, 6.45) is 1.68. The van der Waals surface area contributed by atoms with Gasteiger partial charge in [-0.25, -0.2) is 0 Å². The number of nitrogens with zero attached hydrogens (tertiary/aromatic N) is 3. The van der Waals surface area contributed by atoms with Crippen molar-refractivity contribution in [1.29, 1.82) is 0 Å². The molecule has 1 saturated heterocycles. The maximum absolute atomic E-state index is 12.0. The molecule has 1 aromatic rings. The molecule has 1 aromatic heterocycles. The van der Waals surface area contributed by atoms with Gasteiger partial charge in [-0.1, -0.05) is 0 Å². The van der Waals surface area contributed by atoms with Gasteiger partial charge in [0.1, 0.15) is 6.54 Å². The molecule has 2 heterocycles. The summed E-state index contributed by atoms with van der Waals surface area (Å²) < 4.78 is 1.22. The van der Waals surface area contributed by atoms with Gasteiger partial charge < -0.3 is 15.3 Å². The lowest BCUT2D eigenvalue weighted by atomic mass is 10.1. The first-order chi connectivity index (χ1) is 9.49. The Balaban J connectivity index is 1.93. The van der Waals surface area contributed by atoms with E-state index in [-0.39, 0.29) is 30.7 Å². The number of rotatable bonds is 5. The Hall–Kier alpha value is -2.38. The van der Waals surface area contributed by atoms with E-state index in [4.69, 9.17) is 5.11 Å². The first-order valence-corrected chi connectivity index (χ1v) is 6.33. The first-order valence-electron chi connectivity index (χ1n) is 6.33. The molecule has 0 bridgehead atoms. The second kappa shape index (κ2) is 5.72. The highest BCUT2D eigenvalue weighted by Gasteiger charge is 2.33. The summed E-state index contributed by atoms with van der Waals surface area (Å²) in [7, 11) is 0. The largest absolute Gasteiger partial charge is 0.480 e. The lowest BCUT2D eigenvalue weighted by Crippen LogP contribution is -2.28. The molecule has 1 atom stereocenters. The molecule has 0 saturated carbocycles. The average Bonchev–Trinajstić information content (AvgIpc) is 2.95. The molecule has 2 amide bonds. The Morgan fingerprint density at radius 3 is 2.90 bits per heavy atom. The number of anilines is 1. The van der Waals surface area contributed by atoms with Gasteiger partial charge in [0.2, 0.25) is 11.8 Å². The van der Waals surface area contributed by atoms with Gasteiger partial charge in [0.15, 0.2) is 5.82 Å². The summed E-state index contributed by atoms with van der Waals surface area (Å²) in [5.74, 6) is -1.39. The molecule has 8 heteroatoms. The molecule has 2 N–H and O–H groups in total. The van der Waals surface area contributed by atoms with Crippen LogP contribution in [0.2, 0.25) is 0 Å². The number of nitrogens with one attached hydrogen (secondary N) is 1. The van der Waals surface area contributed by atoms with Crippen LogP contribution in [-0.2, 0) is 20.9 Å². The molecular formula is C12H16N4O4. The smallest absolute Gasteiger partial charge is 0.325 e. The molecule has 0 radical (unpaired) electrons.